The van der Waals surface area contributed by atoms with Gasteiger partial charge in [-0.05, 0) is 35.8 Å². The van der Waals surface area contributed by atoms with Gasteiger partial charge in [-0.3, -0.25) is 4.79 Å². The molecule has 2 N–H and O–H groups in total. The summed E-state index contributed by atoms with van der Waals surface area (Å²) >= 11 is 0. The maximum atomic E-state index is 12.3. The molecule has 1 saturated carbocycles. The van der Waals surface area contributed by atoms with Crippen molar-refractivity contribution in [2.45, 2.75) is 34.6 Å². The van der Waals surface area contributed by atoms with Crippen LogP contribution in [-0.4, -0.2) is 19.0 Å². The number of hydrogen-bond acceptors (Lipinski definition) is 2. The third-order valence-electron chi connectivity index (χ3n) is 5.33. The van der Waals surface area contributed by atoms with Crippen LogP contribution in [0.2, 0.25) is 0 Å². The summed E-state index contributed by atoms with van der Waals surface area (Å²) in [5, 5.41) is 6.32. The lowest BCUT2D eigenvalue weighted by atomic mass is 10.0. The lowest BCUT2D eigenvalue weighted by molar-refractivity contribution is 0.0950. The maximum absolute atomic E-state index is 12.3. The highest BCUT2D eigenvalue weighted by Gasteiger charge is 2.64. The van der Waals surface area contributed by atoms with E-state index in [2.05, 4.69) is 38.3 Å². The zero-order chi connectivity index (χ0) is 15.0. The molecule has 1 amide bonds. The van der Waals surface area contributed by atoms with Crippen LogP contribution < -0.4 is 10.6 Å². The van der Waals surface area contributed by atoms with Crippen LogP contribution in [0.3, 0.4) is 0 Å². The molecule has 1 aromatic rings. The van der Waals surface area contributed by atoms with Gasteiger partial charge in [0.25, 0.3) is 5.91 Å². The molecule has 0 radical (unpaired) electrons. The number of carbonyl (C=O) groups excluding carboxylic acids is 1. The third-order valence-corrected chi connectivity index (χ3v) is 5.33. The highest BCUT2D eigenvalue weighted by molar-refractivity contribution is 5.99. The number of amides is 1. The van der Waals surface area contributed by atoms with E-state index in [1.807, 2.05) is 31.2 Å². The van der Waals surface area contributed by atoms with Crippen LogP contribution in [0.5, 0.6) is 0 Å². The van der Waals surface area contributed by atoms with Crippen LogP contribution in [0.25, 0.3) is 0 Å². The Bertz CT molecular complexity index is 491. The molecule has 0 bridgehead atoms. The molecule has 1 aliphatic carbocycles. The number of rotatable bonds is 5. The molecular weight excluding hydrogens is 248 g/mol. The summed E-state index contributed by atoms with van der Waals surface area (Å²) in [6.45, 7) is 12.7. The first-order chi connectivity index (χ1) is 9.32. The van der Waals surface area contributed by atoms with E-state index >= 15 is 0 Å². The van der Waals surface area contributed by atoms with Crippen LogP contribution in [0.15, 0.2) is 24.3 Å². The fourth-order valence-corrected chi connectivity index (χ4v) is 3.16. The number of nitrogens with one attached hydrogen (secondary N) is 2. The van der Waals surface area contributed by atoms with Crippen molar-refractivity contribution in [2.75, 3.05) is 18.4 Å². The first-order valence-corrected chi connectivity index (χ1v) is 7.43. The number of benzene rings is 1. The summed E-state index contributed by atoms with van der Waals surface area (Å²) in [5.74, 6) is 0.560. The molecular formula is C17H26N2O. The van der Waals surface area contributed by atoms with Crippen molar-refractivity contribution < 1.29 is 4.79 Å². The topological polar surface area (TPSA) is 41.1 Å². The first kappa shape index (κ1) is 14.9. The van der Waals surface area contributed by atoms with E-state index in [0.717, 1.165) is 24.3 Å². The lowest BCUT2D eigenvalue weighted by Gasteiger charge is -2.11. The molecule has 0 atom stereocenters. The molecule has 0 spiro atoms. The molecule has 110 valence electrons. The van der Waals surface area contributed by atoms with Gasteiger partial charge < -0.3 is 10.6 Å². The minimum atomic E-state index is 0.0139. The van der Waals surface area contributed by atoms with Crippen LogP contribution in [0.4, 0.5) is 5.69 Å². The Kier molecular flexibility index (Phi) is 3.81. The summed E-state index contributed by atoms with van der Waals surface area (Å²) in [6, 6.07) is 7.67. The van der Waals surface area contributed by atoms with Gasteiger partial charge >= 0.3 is 0 Å². The van der Waals surface area contributed by atoms with E-state index in [1.165, 1.54) is 0 Å². The Hall–Kier alpha value is -1.51. The smallest absolute Gasteiger partial charge is 0.253 e. The van der Waals surface area contributed by atoms with Crippen LogP contribution in [-0.2, 0) is 0 Å². The molecule has 0 aromatic heterocycles. The SMILES string of the molecule is CCNc1ccccc1C(=O)NCC1C(C)(C)C1(C)C. The Morgan fingerprint density at radius 2 is 1.75 bits per heavy atom. The summed E-state index contributed by atoms with van der Waals surface area (Å²) in [7, 11) is 0. The largest absolute Gasteiger partial charge is 0.385 e. The second-order valence-electron chi connectivity index (χ2n) is 6.78. The van der Waals surface area contributed by atoms with Crippen molar-refractivity contribution in [2.24, 2.45) is 16.7 Å². The van der Waals surface area contributed by atoms with Crippen LogP contribution >= 0.6 is 0 Å². The molecule has 1 fully saturated rings. The van der Waals surface area contributed by atoms with Gasteiger partial charge in [-0.15, -0.1) is 0 Å². The van der Waals surface area contributed by atoms with Gasteiger partial charge in [0, 0.05) is 18.8 Å². The van der Waals surface area contributed by atoms with E-state index in [0.29, 0.717) is 16.7 Å². The first-order valence-electron chi connectivity index (χ1n) is 7.43. The molecule has 0 aliphatic heterocycles. The van der Waals surface area contributed by atoms with Gasteiger partial charge in [0.2, 0.25) is 0 Å². The summed E-state index contributed by atoms with van der Waals surface area (Å²) < 4.78 is 0. The predicted octanol–water partition coefficient (Wildman–Crippen LogP) is 3.53. The zero-order valence-electron chi connectivity index (χ0n) is 13.2. The molecule has 0 saturated heterocycles. The van der Waals surface area contributed by atoms with Gasteiger partial charge in [0.1, 0.15) is 0 Å². The molecule has 1 aromatic carbocycles. The van der Waals surface area contributed by atoms with E-state index in [4.69, 9.17) is 0 Å². The van der Waals surface area contributed by atoms with Crippen molar-refractivity contribution in [1.29, 1.82) is 0 Å². The van der Waals surface area contributed by atoms with Crippen molar-refractivity contribution >= 4 is 11.6 Å². The molecule has 1 aliphatic rings. The predicted molar refractivity (Wildman–Crippen MR) is 84.0 cm³/mol. The minimum absolute atomic E-state index is 0.0139. The van der Waals surface area contributed by atoms with Gasteiger partial charge in [0.05, 0.1) is 5.56 Å². The van der Waals surface area contributed by atoms with E-state index < -0.39 is 0 Å². The second-order valence-corrected chi connectivity index (χ2v) is 6.78. The highest BCUT2D eigenvalue weighted by Crippen LogP contribution is 2.67. The lowest BCUT2D eigenvalue weighted by Crippen LogP contribution is -2.27. The third kappa shape index (κ3) is 2.41. The summed E-state index contributed by atoms with van der Waals surface area (Å²) in [4.78, 5) is 12.3. The Morgan fingerprint density at radius 1 is 1.15 bits per heavy atom. The maximum Gasteiger partial charge on any atom is 0.253 e. The Morgan fingerprint density at radius 3 is 2.30 bits per heavy atom. The number of anilines is 1. The molecule has 0 heterocycles. The molecule has 2 rings (SSSR count). The van der Waals surface area contributed by atoms with Crippen molar-refractivity contribution in [3.8, 4) is 0 Å². The molecule has 0 unspecified atom stereocenters. The normalized spacial score (nSPS) is 19.4. The average Bonchev–Trinajstić information content (AvgIpc) is 2.78. The van der Waals surface area contributed by atoms with Crippen molar-refractivity contribution in [3.63, 3.8) is 0 Å². The van der Waals surface area contributed by atoms with Gasteiger partial charge in [-0.1, -0.05) is 39.8 Å². The van der Waals surface area contributed by atoms with Crippen molar-refractivity contribution in [3.05, 3.63) is 29.8 Å². The second kappa shape index (κ2) is 5.12. The fraction of sp³-hybridized carbons (Fsp3) is 0.588. The fourth-order valence-electron chi connectivity index (χ4n) is 3.16. The average molecular weight is 274 g/mol. The summed E-state index contributed by atoms with van der Waals surface area (Å²) in [6.07, 6.45) is 0. The Balaban J connectivity index is 2.00. The number of para-hydroxylation sites is 1. The van der Waals surface area contributed by atoms with Gasteiger partial charge in [-0.2, -0.15) is 0 Å². The van der Waals surface area contributed by atoms with Gasteiger partial charge in [0.15, 0.2) is 0 Å². The standard InChI is InChI=1S/C17H26N2O/c1-6-18-13-10-8-7-9-12(13)15(20)19-11-14-16(2,3)17(14,4)5/h7-10,14,18H,6,11H2,1-5H3,(H,19,20). The highest BCUT2D eigenvalue weighted by atomic mass is 16.1. The Labute approximate surface area is 122 Å². The molecule has 3 nitrogen and oxygen atoms in total. The monoisotopic (exact) mass is 274 g/mol. The number of hydrogen-bond donors (Lipinski definition) is 2. The van der Waals surface area contributed by atoms with Crippen molar-refractivity contribution in [1.82, 2.24) is 5.32 Å². The van der Waals surface area contributed by atoms with Crippen LogP contribution in [0, 0.1) is 16.7 Å². The van der Waals surface area contributed by atoms with Gasteiger partial charge in [-0.25, -0.2) is 0 Å². The van der Waals surface area contributed by atoms with E-state index in [9.17, 15) is 4.79 Å². The number of carbonyl (C=O) groups is 1. The quantitative estimate of drug-likeness (QED) is 0.862. The summed E-state index contributed by atoms with van der Waals surface area (Å²) in [5.41, 5.74) is 2.25. The van der Waals surface area contributed by atoms with Crippen LogP contribution in [0.1, 0.15) is 45.0 Å². The molecule has 3 heteroatoms. The van der Waals surface area contributed by atoms with E-state index in [-0.39, 0.29) is 5.91 Å². The molecule has 20 heavy (non-hydrogen) atoms. The zero-order valence-corrected chi connectivity index (χ0v) is 13.2. The minimum Gasteiger partial charge on any atom is -0.385 e. The van der Waals surface area contributed by atoms with E-state index in [1.54, 1.807) is 0 Å².